The van der Waals surface area contributed by atoms with E-state index in [9.17, 15) is 16.8 Å². The second kappa shape index (κ2) is 13.4. The lowest BCUT2D eigenvalue weighted by Gasteiger charge is -2.55. The first kappa shape index (κ1) is 32.2. The predicted octanol–water partition coefficient (Wildman–Crippen LogP) is 5.41. The number of nitrogens with zero attached hydrogens (tertiary/aromatic N) is 3. The first-order valence-electron chi connectivity index (χ1n) is 14.2. The third kappa shape index (κ3) is 8.29. The molecule has 4 bridgehead atoms. The van der Waals surface area contributed by atoms with Crippen molar-refractivity contribution >= 4 is 31.6 Å². The van der Waals surface area contributed by atoms with Gasteiger partial charge in [0.25, 0.3) is 25.4 Å². The van der Waals surface area contributed by atoms with Gasteiger partial charge < -0.3 is 9.64 Å². The molecule has 234 valence electrons. The summed E-state index contributed by atoms with van der Waals surface area (Å²) >= 11 is 1.66. The lowest BCUT2D eigenvalue weighted by Crippen LogP contribution is -2.61. The number of hydrogen-bond acceptors (Lipinski definition) is 9. The van der Waals surface area contributed by atoms with Crippen LogP contribution >= 0.6 is 11.3 Å². The molecule has 2 N–H and O–H groups in total. The van der Waals surface area contributed by atoms with Gasteiger partial charge in [-0.1, -0.05) is 46.7 Å². The smallest absolute Gasteiger partial charge is 0.294 e. The Morgan fingerprint density at radius 2 is 1.27 bits per heavy atom. The Labute approximate surface area is 262 Å². The number of piperidine rings is 3. The molecule has 4 aliphatic rings. The topological polar surface area (TPSA) is 147 Å². The number of ether oxygens (including phenoxy) is 1. The number of aryl methyl sites for hydroxylation is 2. The van der Waals surface area contributed by atoms with Gasteiger partial charge in [-0.25, -0.2) is 4.98 Å². The summed E-state index contributed by atoms with van der Waals surface area (Å²) in [5.74, 6) is 2.33. The van der Waals surface area contributed by atoms with Crippen LogP contribution in [0.2, 0.25) is 0 Å². The van der Waals surface area contributed by atoms with Gasteiger partial charge in [0.05, 0.1) is 14.7 Å². The highest BCUT2D eigenvalue weighted by Crippen LogP contribution is 2.45. The van der Waals surface area contributed by atoms with Crippen LogP contribution in [0.5, 0.6) is 5.19 Å². The number of rotatable bonds is 5. The first-order chi connectivity index (χ1) is 20.8. The number of thiazole rings is 1. The molecule has 1 saturated carbocycles. The quantitative estimate of drug-likeness (QED) is 0.267. The Morgan fingerprint density at radius 1 is 0.773 bits per heavy atom. The molecular weight excluding hydrogens is 623 g/mol. The van der Waals surface area contributed by atoms with Crippen molar-refractivity contribution in [3.05, 3.63) is 90.4 Å². The molecule has 4 aromatic rings. The van der Waals surface area contributed by atoms with Crippen LogP contribution in [0, 0.1) is 31.6 Å². The van der Waals surface area contributed by atoms with E-state index in [-0.39, 0.29) is 9.79 Å². The van der Waals surface area contributed by atoms with Crippen molar-refractivity contribution in [2.45, 2.75) is 42.6 Å². The van der Waals surface area contributed by atoms with Crippen molar-refractivity contribution in [2.24, 2.45) is 17.8 Å². The molecule has 13 heteroatoms. The van der Waals surface area contributed by atoms with Gasteiger partial charge in [0.2, 0.25) is 0 Å². The largest absolute Gasteiger partial charge is 0.466 e. The van der Waals surface area contributed by atoms with Gasteiger partial charge in [-0.15, -0.1) is 0 Å². The summed E-state index contributed by atoms with van der Waals surface area (Å²) in [6, 6.07) is 16.0. The molecule has 2 unspecified atom stereocenters. The molecule has 1 aliphatic carbocycles. The van der Waals surface area contributed by atoms with Crippen LogP contribution in [0.15, 0.2) is 89.0 Å². The maximum Gasteiger partial charge on any atom is 0.294 e. The summed E-state index contributed by atoms with van der Waals surface area (Å²) in [7, 11) is -8.04. The Bertz CT molecular complexity index is 1660. The van der Waals surface area contributed by atoms with Crippen molar-refractivity contribution in [3.8, 4) is 15.6 Å². The second-order valence-electron chi connectivity index (χ2n) is 11.5. The molecule has 0 amide bonds. The van der Waals surface area contributed by atoms with Gasteiger partial charge in [-0.05, 0) is 74.6 Å². The summed E-state index contributed by atoms with van der Waals surface area (Å²) < 4.78 is 65.5. The van der Waals surface area contributed by atoms with Crippen molar-refractivity contribution in [3.63, 3.8) is 0 Å². The fraction of sp³-hybridized carbons (Fsp3) is 0.355. The Balaban J connectivity index is 0.000000148. The van der Waals surface area contributed by atoms with Crippen LogP contribution in [0.25, 0.3) is 10.4 Å². The molecule has 4 fully saturated rings. The van der Waals surface area contributed by atoms with Crippen molar-refractivity contribution in [2.75, 3.05) is 19.6 Å². The van der Waals surface area contributed by atoms with Crippen LogP contribution in [0.3, 0.4) is 0 Å². The Kier molecular flexibility index (Phi) is 9.83. The van der Waals surface area contributed by atoms with E-state index >= 15 is 0 Å². The highest BCUT2D eigenvalue weighted by Gasteiger charge is 2.48. The summed E-state index contributed by atoms with van der Waals surface area (Å²) in [6.45, 7) is 7.45. The van der Waals surface area contributed by atoms with Crippen LogP contribution in [-0.2, 0) is 20.2 Å². The monoisotopic (exact) mass is 657 g/mol. The van der Waals surface area contributed by atoms with Crippen LogP contribution < -0.4 is 4.74 Å². The third-order valence-corrected chi connectivity index (χ3v) is 10.7. The van der Waals surface area contributed by atoms with Gasteiger partial charge in [0.1, 0.15) is 6.10 Å². The predicted molar refractivity (Wildman–Crippen MR) is 168 cm³/mol. The van der Waals surface area contributed by atoms with E-state index in [1.54, 1.807) is 35.6 Å². The Hall–Kier alpha value is -3.20. The molecule has 0 radical (unpaired) electrons. The van der Waals surface area contributed by atoms with Crippen molar-refractivity contribution in [1.82, 2.24) is 14.9 Å². The van der Waals surface area contributed by atoms with E-state index in [0.29, 0.717) is 17.9 Å². The second-order valence-corrected chi connectivity index (χ2v) is 15.3. The van der Waals surface area contributed by atoms with E-state index in [2.05, 4.69) is 14.9 Å². The average molecular weight is 658 g/mol. The summed E-state index contributed by atoms with van der Waals surface area (Å²) in [6.07, 6.45) is 8.64. The van der Waals surface area contributed by atoms with Crippen LogP contribution in [0.1, 0.15) is 24.0 Å². The SMILES string of the molecule is Cc1ccc(S(=O)(=O)O)cc1.Cc1ccc(S(=O)(=O)O)cc1.c1cc(-c2cnc(OC3C4CC5CC3CN(C5)C4)s2)ccn1. The highest BCUT2D eigenvalue weighted by atomic mass is 32.2. The number of hydrogen-bond donors (Lipinski definition) is 2. The van der Waals surface area contributed by atoms with Gasteiger partial charge >= 0.3 is 0 Å². The van der Waals surface area contributed by atoms with E-state index < -0.39 is 20.2 Å². The van der Waals surface area contributed by atoms with Crippen LogP contribution in [-0.4, -0.2) is 66.5 Å². The molecule has 44 heavy (non-hydrogen) atoms. The fourth-order valence-corrected chi connectivity index (χ4v) is 7.83. The lowest BCUT2D eigenvalue weighted by molar-refractivity contribution is -0.0985. The molecule has 2 aromatic carbocycles. The van der Waals surface area contributed by atoms with E-state index in [4.69, 9.17) is 13.8 Å². The highest BCUT2D eigenvalue weighted by molar-refractivity contribution is 7.86. The summed E-state index contributed by atoms with van der Waals surface area (Å²) in [5.41, 5.74) is 3.08. The summed E-state index contributed by atoms with van der Waals surface area (Å²) in [4.78, 5) is 12.2. The molecule has 3 saturated heterocycles. The fourth-order valence-electron chi connectivity index (χ4n) is 6.06. The third-order valence-electron chi connectivity index (χ3n) is 8.03. The minimum atomic E-state index is -4.02. The average Bonchev–Trinajstić information content (AvgIpc) is 3.44. The minimum absolute atomic E-state index is 0.0666. The number of aromatic nitrogens is 2. The van der Waals surface area contributed by atoms with Gasteiger partial charge in [0.15, 0.2) is 0 Å². The molecule has 8 rings (SSSR count). The normalized spacial score (nSPS) is 23.6. The van der Waals surface area contributed by atoms with E-state index in [1.807, 2.05) is 44.6 Å². The molecule has 10 nitrogen and oxygen atoms in total. The summed E-state index contributed by atoms with van der Waals surface area (Å²) in [5, 5.41) is 0.833. The van der Waals surface area contributed by atoms with Gasteiger partial charge in [-0.2, -0.15) is 16.8 Å². The maximum absolute atomic E-state index is 10.5. The standard InChI is InChI=1S/C17H19N3OS.2C7H8O3S/c1-3-18-4-2-12(1)15-7-19-17(22-15)21-16-13-5-11-6-14(16)10-20(8-11)9-13;2*1-6-2-4-7(5-3-6)11(8,9)10/h1-4,7,11,13-14,16H,5-6,8-10H2;2*2-5H,1H3,(H,8,9,10). The number of pyridine rings is 1. The number of benzene rings is 2. The van der Waals surface area contributed by atoms with Crippen LogP contribution in [0.4, 0.5) is 0 Å². The maximum atomic E-state index is 10.5. The molecule has 2 atom stereocenters. The van der Waals surface area contributed by atoms with E-state index in [1.165, 1.54) is 62.3 Å². The minimum Gasteiger partial charge on any atom is -0.466 e. The molecule has 3 aliphatic heterocycles. The zero-order valence-electron chi connectivity index (χ0n) is 24.4. The van der Waals surface area contributed by atoms with E-state index in [0.717, 1.165) is 27.1 Å². The lowest BCUT2D eigenvalue weighted by atomic mass is 9.66. The van der Waals surface area contributed by atoms with Crippen molar-refractivity contribution < 1.29 is 30.7 Å². The first-order valence-corrected chi connectivity index (χ1v) is 17.9. The van der Waals surface area contributed by atoms with Gasteiger partial charge in [0, 0.05) is 50.1 Å². The molecule has 5 heterocycles. The van der Waals surface area contributed by atoms with Gasteiger partial charge in [-0.3, -0.25) is 14.1 Å². The molecule has 2 aromatic heterocycles. The molecule has 0 spiro atoms. The zero-order valence-corrected chi connectivity index (χ0v) is 26.8. The molecular formula is C31H35N3O7S3. The zero-order chi connectivity index (χ0) is 31.5. The Morgan fingerprint density at radius 3 is 1.73 bits per heavy atom. The van der Waals surface area contributed by atoms with Crippen molar-refractivity contribution in [1.29, 1.82) is 0 Å².